The fourth-order valence-corrected chi connectivity index (χ4v) is 5.44. The zero-order chi connectivity index (χ0) is 32.8. The Kier molecular flexibility index (Phi) is 7.82. The highest BCUT2D eigenvalue weighted by atomic mass is 19.4. The van der Waals surface area contributed by atoms with Crippen LogP contribution < -0.4 is 9.64 Å². The van der Waals surface area contributed by atoms with Gasteiger partial charge in [0, 0.05) is 31.3 Å². The van der Waals surface area contributed by atoms with Crippen molar-refractivity contribution in [3.63, 3.8) is 0 Å². The monoisotopic (exact) mass is 638 g/mol. The quantitative estimate of drug-likeness (QED) is 0.120. The molecule has 0 aliphatic heterocycles. The van der Waals surface area contributed by atoms with E-state index in [4.69, 9.17) is 9.47 Å². The number of benzene rings is 1. The van der Waals surface area contributed by atoms with Crippen LogP contribution in [0.1, 0.15) is 55.5 Å². The molecule has 16 heteroatoms. The van der Waals surface area contributed by atoms with Crippen LogP contribution in [0.2, 0.25) is 0 Å². The molecular weight excluding hydrogens is 609 g/mol. The number of nitrogens with zero attached hydrogens (tertiary/aromatic N) is 8. The number of carbonyl (C=O) groups excluding carboxylic acids is 1. The number of carbonyl (C=O) groups is 1. The first kappa shape index (κ1) is 30.9. The number of anilines is 1. The van der Waals surface area contributed by atoms with Gasteiger partial charge in [-0.15, -0.1) is 0 Å². The highest BCUT2D eigenvalue weighted by Gasteiger charge is 2.58. The molecule has 3 heterocycles. The molecule has 2 aliphatic rings. The van der Waals surface area contributed by atoms with Gasteiger partial charge in [-0.05, 0) is 38.2 Å². The highest BCUT2D eigenvalue weighted by Crippen LogP contribution is 2.49. The van der Waals surface area contributed by atoms with E-state index in [0.717, 1.165) is 25.2 Å². The minimum Gasteiger partial charge on any atom is -0.480 e. The third-order valence-corrected chi connectivity index (χ3v) is 8.04. The summed E-state index contributed by atoms with van der Waals surface area (Å²) < 4.78 is 51.9. The van der Waals surface area contributed by atoms with Crippen molar-refractivity contribution in [3.05, 3.63) is 70.1 Å². The second-order valence-electron chi connectivity index (χ2n) is 11.2. The maximum Gasteiger partial charge on any atom is 0.434 e. The van der Waals surface area contributed by atoms with E-state index in [9.17, 15) is 28.1 Å². The zero-order valence-electron chi connectivity index (χ0n) is 25.1. The number of hydrogen-bond donors (Lipinski definition) is 0. The number of halogens is 3. The summed E-state index contributed by atoms with van der Waals surface area (Å²) >= 11 is 0. The maximum atomic E-state index is 13.4. The summed E-state index contributed by atoms with van der Waals surface area (Å²) in [6.07, 6.45) is 1.31. The average Bonchev–Trinajstić information content (AvgIpc) is 3.97. The number of ether oxygens (including phenoxy) is 2. The normalized spacial score (nSPS) is 15.3. The number of hydrogen-bond acceptors (Lipinski definition) is 11. The van der Waals surface area contributed by atoms with Gasteiger partial charge in [-0.1, -0.05) is 24.3 Å². The van der Waals surface area contributed by atoms with Crippen LogP contribution in [0.5, 0.6) is 5.88 Å². The average molecular weight is 639 g/mol. The van der Waals surface area contributed by atoms with Crippen LogP contribution in [0.25, 0.3) is 22.8 Å². The number of aromatic nitrogens is 6. The fraction of sp³-hybridized carbons (Fsp3) is 0.400. The largest absolute Gasteiger partial charge is 0.480 e. The Balaban J connectivity index is 1.44. The van der Waals surface area contributed by atoms with Gasteiger partial charge in [0.1, 0.15) is 29.5 Å². The lowest BCUT2D eigenvalue weighted by Gasteiger charge is -2.31. The van der Waals surface area contributed by atoms with Gasteiger partial charge in [-0.3, -0.25) is 10.1 Å². The predicted molar refractivity (Wildman–Crippen MR) is 157 cm³/mol. The van der Waals surface area contributed by atoms with Crippen molar-refractivity contribution in [2.45, 2.75) is 56.8 Å². The van der Waals surface area contributed by atoms with E-state index < -0.39 is 34.0 Å². The molecule has 240 valence electrons. The molecule has 3 aromatic heterocycles. The molecule has 46 heavy (non-hydrogen) atoms. The van der Waals surface area contributed by atoms with Crippen molar-refractivity contribution in [1.29, 1.82) is 0 Å². The van der Waals surface area contributed by atoms with E-state index in [-0.39, 0.29) is 42.4 Å². The van der Waals surface area contributed by atoms with Gasteiger partial charge in [-0.2, -0.15) is 13.2 Å². The third-order valence-electron chi connectivity index (χ3n) is 8.04. The number of rotatable bonds is 11. The molecule has 0 spiro atoms. The van der Waals surface area contributed by atoms with E-state index in [0.29, 0.717) is 35.2 Å². The highest BCUT2D eigenvalue weighted by molar-refractivity contribution is 5.89. The van der Waals surface area contributed by atoms with Crippen molar-refractivity contribution < 1.29 is 32.4 Å². The molecule has 0 atom stereocenters. The van der Waals surface area contributed by atoms with Crippen LogP contribution in [0, 0.1) is 10.1 Å². The van der Waals surface area contributed by atoms with E-state index >= 15 is 0 Å². The lowest BCUT2D eigenvalue weighted by Crippen LogP contribution is -2.45. The summed E-state index contributed by atoms with van der Waals surface area (Å²) in [5.74, 6) is -0.0701. The summed E-state index contributed by atoms with van der Waals surface area (Å²) in [7, 11) is 2.91. The molecule has 4 aromatic rings. The number of imidazole rings is 1. The molecule has 0 unspecified atom stereocenters. The summed E-state index contributed by atoms with van der Waals surface area (Å²) in [5, 5.41) is 12.3. The summed E-state index contributed by atoms with van der Waals surface area (Å²) in [6, 6.07) is 6.54. The number of esters is 1. The third kappa shape index (κ3) is 5.70. The Morgan fingerprint density at radius 3 is 2.43 bits per heavy atom. The van der Waals surface area contributed by atoms with E-state index in [1.54, 1.807) is 36.1 Å². The Bertz CT molecular complexity index is 1800. The number of alkyl halides is 3. The van der Waals surface area contributed by atoms with Gasteiger partial charge < -0.3 is 18.9 Å². The van der Waals surface area contributed by atoms with Crippen LogP contribution in [-0.4, -0.2) is 59.6 Å². The van der Waals surface area contributed by atoms with Crippen molar-refractivity contribution >= 4 is 17.5 Å². The van der Waals surface area contributed by atoms with Crippen molar-refractivity contribution in [2.75, 3.05) is 18.6 Å². The molecule has 0 N–H and O–H groups in total. The van der Waals surface area contributed by atoms with Gasteiger partial charge in [0.2, 0.25) is 11.7 Å². The minimum atomic E-state index is -4.59. The standard InChI is InChI=1S/C30H29F3N8O5/c1-4-46-28(42)29(11-12-29)40(14-17-5-7-19(8-6-17)25-37-21(15-39(25)2)30(31,32)33)26-20(41(43)44)13-34-24(38-26)22-23(18-9-10-18)35-16-36-27(22)45-3/h5-8,13,15-16,18H,4,9-12,14H2,1-3H3. The van der Waals surface area contributed by atoms with Crippen LogP contribution in [0.15, 0.2) is 43.0 Å². The number of nitro groups is 1. The molecular formula is C30H29F3N8O5. The Morgan fingerprint density at radius 2 is 1.87 bits per heavy atom. The molecule has 0 saturated heterocycles. The first-order valence-corrected chi connectivity index (χ1v) is 14.5. The SMILES string of the molecule is CCOC(=O)C1(N(Cc2ccc(-c3nc(C(F)(F)F)cn3C)cc2)c2nc(-c3c(OC)ncnc3C3CC3)ncc2[N+](=O)[O-])CC1. The first-order chi connectivity index (χ1) is 22.0. The summed E-state index contributed by atoms with van der Waals surface area (Å²) in [6.45, 7) is 1.76. The minimum absolute atomic E-state index is 0.0112. The Labute approximate surface area is 260 Å². The molecule has 6 rings (SSSR count). The fourth-order valence-electron chi connectivity index (χ4n) is 5.44. The van der Waals surface area contributed by atoms with Crippen LogP contribution in [0.4, 0.5) is 24.7 Å². The van der Waals surface area contributed by atoms with Crippen molar-refractivity contribution in [3.8, 4) is 28.7 Å². The van der Waals surface area contributed by atoms with Crippen molar-refractivity contribution in [1.82, 2.24) is 29.5 Å². The molecule has 0 amide bonds. The second-order valence-corrected chi connectivity index (χ2v) is 11.2. The molecule has 0 bridgehead atoms. The van der Waals surface area contributed by atoms with Crippen molar-refractivity contribution in [2.24, 2.45) is 7.05 Å². The maximum absolute atomic E-state index is 13.4. The Hall–Kier alpha value is -5.15. The molecule has 13 nitrogen and oxygen atoms in total. The summed E-state index contributed by atoms with van der Waals surface area (Å²) in [5.41, 5.74) is -0.541. The Morgan fingerprint density at radius 1 is 1.15 bits per heavy atom. The smallest absolute Gasteiger partial charge is 0.434 e. The van der Waals surface area contributed by atoms with E-state index in [2.05, 4.69) is 24.9 Å². The lowest BCUT2D eigenvalue weighted by molar-refractivity contribution is -0.384. The van der Waals surface area contributed by atoms with E-state index in [1.807, 2.05) is 0 Å². The predicted octanol–water partition coefficient (Wildman–Crippen LogP) is 5.25. The van der Waals surface area contributed by atoms with Gasteiger partial charge in [-0.25, -0.2) is 29.7 Å². The topological polar surface area (TPSA) is 151 Å². The molecule has 1 aromatic carbocycles. The lowest BCUT2D eigenvalue weighted by atomic mass is 10.1. The van der Waals surface area contributed by atoms with Gasteiger partial charge >= 0.3 is 17.8 Å². The van der Waals surface area contributed by atoms with Gasteiger partial charge in [0.05, 0.1) is 24.3 Å². The molecule has 2 saturated carbocycles. The number of methoxy groups -OCH3 is 1. The summed E-state index contributed by atoms with van der Waals surface area (Å²) in [4.78, 5) is 48.0. The molecule has 2 aliphatic carbocycles. The van der Waals surface area contributed by atoms with E-state index in [1.165, 1.54) is 25.1 Å². The molecule has 0 radical (unpaired) electrons. The zero-order valence-corrected chi connectivity index (χ0v) is 25.1. The van der Waals surface area contributed by atoms with Gasteiger partial charge in [0.25, 0.3) is 0 Å². The van der Waals surface area contributed by atoms with Crippen LogP contribution >= 0.6 is 0 Å². The van der Waals surface area contributed by atoms with Crippen LogP contribution in [0.3, 0.4) is 0 Å². The number of aryl methyl sites for hydroxylation is 1. The van der Waals surface area contributed by atoms with Crippen LogP contribution in [-0.2, 0) is 29.3 Å². The van der Waals surface area contributed by atoms with Gasteiger partial charge in [0.15, 0.2) is 11.5 Å². The first-order valence-electron chi connectivity index (χ1n) is 14.5. The molecule has 2 fully saturated rings. The second kappa shape index (κ2) is 11.7.